The fourth-order valence-corrected chi connectivity index (χ4v) is 4.78. The van der Waals surface area contributed by atoms with E-state index in [0.29, 0.717) is 13.0 Å². The average molecular weight is 421 g/mol. The van der Waals surface area contributed by atoms with E-state index in [1.54, 1.807) is 6.33 Å². The molecule has 7 nitrogen and oxygen atoms in total. The number of esters is 1. The maximum Gasteiger partial charge on any atom is 0.309 e. The highest BCUT2D eigenvalue weighted by molar-refractivity contribution is 5.94. The lowest BCUT2D eigenvalue weighted by molar-refractivity contribution is -0.148. The minimum Gasteiger partial charge on any atom is -0.488 e. The van der Waals surface area contributed by atoms with Crippen LogP contribution in [0.3, 0.4) is 0 Å². The third kappa shape index (κ3) is 3.96. The molecule has 0 amide bonds. The normalized spacial score (nSPS) is 18.7. The summed E-state index contributed by atoms with van der Waals surface area (Å²) in [5, 5.41) is 4.43. The molecule has 2 N–H and O–H groups in total. The van der Waals surface area contributed by atoms with Gasteiger partial charge in [0.25, 0.3) is 0 Å². The highest BCUT2D eigenvalue weighted by atomic mass is 16.5. The number of anilines is 2. The molecule has 5 rings (SSSR count). The second-order valence-corrected chi connectivity index (χ2v) is 8.37. The summed E-state index contributed by atoms with van der Waals surface area (Å²) < 4.78 is 11.6. The van der Waals surface area contributed by atoms with Crippen molar-refractivity contribution in [3.05, 3.63) is 41.9 Å². The average Bonchev–Trinajstić information content (AvgIpc) is 3.42. The van der Waals surface area contributed by atoms with Crippen LogP contribution in [0.5, 0.6) is 5.75 Å². The van der Waals surface area contributed by atoms with E-state index in [1.165, 1.54) is 12.8 Å². The number of aromatic amines is 1. The first-order valence-electron chi connectivity index (χ1n) is 11.3. The molecule has 1 saturated carbocycles. The number of H-pyrrole nitrogens is 1. The molecule has 3 aromatic rings. The molecule has 7 heteroatoms. The van der Waals surface area contributed by atoms with Crippen molar-refractivity contribution < 1.29 is 14.3 Å². The Morgan fingerprint density at radius 3 is 2.87 bits per heavy atom. The highest BCUT2D eigenvalue weighted by Crippen LogP contribution is 2.37. The molecule has 1 aromatic carbocycles. The molecule has 2 aliphatic rings. The van der Waals surface area contributed by atoms with E-state index in [9.17, 15) is 4.79 Å². The zero-order valence-electron chi connectivity index (χ0n) is 17.8. The zero-order valence-corrected chi connectivity index (χ0v) is 17.8. The number of aromatic nitrogens is 3. The van der Waals surface area contributed by atoms with Gasteiger partial charge in [-0.15, -0.1) is 0 Å². The summed E-state index contributed by atoms with van der Waals surface area (Å²) in [7, 11) is 0. The molecule has 0 aliphatic heterocycles. The molecule has 31 heavy (non-hydrogen) atoms. The fraction of sp³-hybridized carbons (Fsp3) is 0.458. The predicted octanol–water partition coefficient (Wildman–Crippen LogP) is 4.69. The molecule has 0 spiro atoms. The van der Waals surface area contributed by atoms with Gasteiger partial charge >= 0.3 is 5.97 Å². The van der Waals surface area contributed by atoms with Crippen LogP contribution in [0.2, 0.25) is 0 Å². The maximum absolute atomic E-state index is 12.4. The van der Waals surface area contributed by atoms with Gasteiger partial charge in [0.15, 0.2) is 0 Å². The number of hydrogen-bond donors (Lipinski definition) is 2. The summed E-state index contributed by atoms with van der Waals surface area (Å²) in [5.74, 6) is 1.33. The molecule has 2 aliphatic carbocycles. The topological polar surface area (TPSA) is 89.1 Å². The van der Waals surface area contributed by atoms with E-state index >= 15 is 0 Å². The maximum atomic E-state index is 12.4. The first kappa shape index (κ1) is 19.8. The Labute approximate surface area is 181 Å². The summed E-state index contributed by atoms with van der Waals surface area (Å²) in [6, 6.07) is 8.00. The van der Waals surface area contributed by atoms with Crippen molar-refractivity contribution in [2.24, 2.45) is 5.92 Å². The van der Waals surface area contributed by atoms with Gasteiger partial charge in [-0.25, -0.2) is 9.97 Å². The number of nitrogens with zero attached hydrogens (tertiary/aromatic N) is 2. The van der Waals surface area contributed by atoms with Gasteiger partial charge in [0.1, 0.15) is 23.5 Å². The lowest BCUT2D eigenvalue weighted by Crippen LogP contribution is -2.24. The third-order valence-corrected chi connectivity index (χ3v) is 6.33. The lowest BCUT2D eigenvalue weighted by Gasteiger charge is -2.21. The Balaban J connectivity index is 1.47. The van der Waals surface area contributed by atoms with Gasteiger partial charge in [0.2, 0.25) is 0 Å². The Morgan fingerprint density at radius 2 is 2.03 bits per heavy atom. The van der Waals surface area contributed by atoms with Crippen LogP contribution in [0.4, 0.5) is 11.5 Å². The van der Waals surface area contributed by atoms with Crippen molar-refractivity contribution in [3.8, 4) is 5.75 Å². The summed E-state index contributed by atoms with van der Waals surface area (Å²) in [6.07, 6.45) is 8.72. The lowest BCUT2D eigenvalue weighted by atomic mass is 9.86. The van der Waals surface area contributed by atoms with Crippen LogP contribution in [-0.4, -0.2) is 33.6 Å². The number of ether oxygens (including phenoxy) is 2. The van der Waals surface area contributed by atoms with Crippen molar-refractivity contribution in [3.63, 3.8) is 0 Å². The van der Waals surface area contributed by atoms with Crippen molar-refractivity contribution in [2.45, 2.75) is 58.0 Å². The summed E-state index contributed by atoms with van der Waals surface area (Å²) >= 11 is 0. The van der Waals surface area contributed by atoms with Crippen molar-refractivity contribution in [1.29, 1.82) is 0 Å². The Hall–Kier alpha value is -3.09. The molecular formula is C24H28N4O3. The van der Waals surface area contributed by atoms with E-state index in [0.717, 1.165) is 65.2 Å². The zero-order chi connectivity index (χ0) is 21.2. The van der Waals surface area contributed by atoms with Crippen molar-refractivity contribution in [2.75, 3.05) is 11.9 Å². The monoisotopic (exact) mass is 420 g/mol. The number of carbonyl (C=O) groups excluding carboxylic acids is 1. The van der Waals surface area contributed by atoms with Crippen LogP contribution in [0.25, 0.3) is 11.0 Å². The van der Waals surface area contributed by atoms with E-state index in [4.69, 9.17) is 9.47 Å². The van der Waals surface area contributed by atoms with E-state index < -0.39 is 0 Å². The number of fused-ring (bicyclic) bond motifs is 3. The summed E-state index contributed by atoms with van der Waals surface area (Å²) in [4.78, 5) is 24.8. The number of para-hydroxylation sites is 2. The van der Waals surface area contributed by atoms with Gasteiger partial charge in [-0.3, -0.25) is 4.79 Å². The molecule has 0 saturated heterocycles. The van der Waals surface area contributed by atoms with Gasteiger partial charge in [-0.05, 0) is 69.6 Å². The van der Waals surface area contributed by atoms with E-state index in [-0.39, 0.29) is 18.0 Å². The van der Waals surface area contributed by atoms with Gasteiger partial charge < -0.3 is 19.8 Å². The van der Waals surface area contributed by atoms with Crippen molar-refractivity contribution >= 4 is 28.5 Å². The number of nitrogens with one attached hydrogen (secondary N) is 2. The van der Waals surface area contributed by atoms with Gasteiger partial charge in [-0.1, -0.05) is 12.1 Å². The highest BCUT2D eigenvalue weighted by Gasteiger charge is 2.30. The summed E-state index contributed by atoms with van der Waals surface area (Å²) in [5.41, 5.74) is 3.93. The molecule has 0 bridgehead atoms. The Bertz CT molecular complexity index is 1090. The predicted molar refractivity (Wildman–Crippen MR) is 119 cm³/mol. The molecule has 0 radical (unpaired) electrons. The smallest absolute Gasteiger partial charge is 0.309 e. The number of carbonyl (C=O) groups is 1. The largest absolute Gasteiger partial charge is 0.488 e. The minimum atomic E-state index is -0.127. The standard InChI is InChI=1S/C24H28N4O3/c1-2-30-24(29)15-11-12-18-17(13-15)21-22(27-18)25-14-26-23(21)28-19-9-5-6-10-20(19)31-16-7-3-4-8-16/h5-6,9-10,14-16H,2-4,7-8,11-13H2,1H3,(H2,25,26,27,28). The first-order chi connectivity index (χ1) is 15.2. The molecule has 162 valence electrons. The fourth-order valence-electron chi connectivity index (χ4n) is 4.78. The molecular weight excluding hydrogens is 392 g/mol. The van der Waals surface area contributed by atoms with Gasteiger partial charge in [0, 0.05) is 5.69 Å². The molecule has 1 unspecified atom stereocenters. The number of rotatable bonds is 6. The van der Waals surface area contributed by atoms with Crippen molar-refractivity contribution in [1.82, 2.24) is 15.0 Å². The Kier molecular flexibility index (Phi) is 5.49. The second-order valence-electron chi connectivity index (χ2n) is 8.37. The number of benzene rings is 1. The molecule has 2 aromatic heterocycles. The Morgan fingerprint density at radius 1 is 1.19 bits per heavy atom. The van der Waals surface area contributed by atoms with Crippen LogP contribution in [0.15, 0.2) is 30.6 Å². The van der Waals surface area contributed by atoms with Gasteiger partial charge in [-0.2, -0.15) is 0 Å². The van der Waals surface area contributed by atoms with Crippen LogP contribution in [-0.2, 0) is 22.4 Å². The quantitative estimate of drug-likeness (QED) is 0.562. The third-order valence-electron chi connectivity index (χ3n) is 6.33. The molecule has 1 fully saturated rings. The van der Waals surface area contributed by atoms with E-state index in [2.05, 4.69) is 20.3 Å². The summed E-state index contributed by atoms with van der Waals surface area (Å²) in [6.45, 7) is 2.25. The second kappa shape index (κ2) is 8.57. The van der Waals surface area contributed by atoms with E-state index in [1.807, 2.05) is 31.2 Å². The number of aryl methyl sites for hydroxylation is 1. The number of hydrogen-bond acceptors (Lipinski definition) is 6. The van der Waals surface area contributed by atoms with Crippen LogP contribution in [0.1, 0.15) is 50.3 Å². The van der Waals surface area contributed by atoms with Crippen LogP contribution >= 0.6 is 0 Å². The van der Waals surface area contributed by atoms with Crippen LogP contribution < -0.4 is 10.1 Å². The van der Waals surface area contributed by atoms with Crippen LogP contribution in [0, 0.1) is 5.92 Å². The SMILES string of the molecule is CCOC(=O)C1CCc2[nH]c3ncnc(Nc4ccccc4OC4CCCC4)c3c2C1. The first-order valence-corrected chi connectivity index (χ1v) is 11.3. The van der Waals surface area contributed by atoms with Gasteiger partial charge in [0.05, 0.1) is 29.7 Å². The molecule has 2 heterocycles. The molecule has 1 atom stereocenters. The minimum absolute atomic E-state index is 0.121.